The summed E-state index contributed by atoms with van der Waals surface area (Å²) in [6, 6.07) is 11.6. The fraction of sp³-hybridized carbons (Fsp3) is 0.364. The molecule has 1 fully saturated rings. The summed E-state index contributed by atoms with van der Waals surface area (Å²) < 4.78 is 42.9. The van der Waals surface area contributed by atoms with Crippen molar-refractivity contribution in [2.45, 2.75) is 35.1 Å². The van der Waals surface area contributed by atoms with Crippen molar-refractivity contribution < 1.29 is 17.6 Å². The third-order valence-corrected chi connectivity index (χ3v) is 8.53. The number of carbonyl (C=O) groups is 1. The first kappa shape index (κ1) is 20.5. The molecule has 6 nitrogen and oxygen atoms in total. The van der Waals surface area contributed by atoms with E-state index in [0.717, 1.165) is 30.6 Å². The van der Waals surface area contributed by atoms with Gasteiger partial charge in [0.05, 0.1) is 12.0 Å². The average Bonchev–Trinajstić information content (AvgIpc) is 3.06. The quantitative estimate of drug-likeness (QED) is 0.745. The molecule has 0 bridgehead atoms. The van der Waals surface area contributed by atoms with Gasteiger partial charge in [-0.05, 0) is 43.0 Å². The van der Waals surface area contributed by atoms with Crippen molar-refractivity contribution in [3.05, 3.63) is 59.4 Å². The first-order chi connectivity index (χ1) is 14.9. The number of piperidine rings is 1. The van der Waals surface area contributed by atoms with E-state index in [-0.39, 0.29) is 28.6 Å². The number of halogens is 1. The molecule has 1 N–H and O–H groups in total. The number of hydrogen-bond acceptors (Lipinski definition) is 5. The van der Waals surface area contributed by atoms with Crippen molar-refractivity contribution in [3.8, 4) is 0 Å². The molecule has 3 heterocycles. The molecule has 0 unspecified atom stereocenters. The number of fused-ring (bicyclic) bond motifs is 2. The number of carbonyl (C=O) groups excluding carboxylic acids is 1. The number of likely N-dealkylation sites (tertiary alicyclic amines) is 1. The molecule has 0 spiro atoms. The zero-order valence-electron chi connectivity index (χ0n) is 16.8. The predicted octanol–water partition coefficient (Wildman–Crippen LogP) is 3.34. The zero-order chi connectivity index (χ0) is 21.6. The Kier molecular flexibility index (Phi) is 5.26. The molecule has 9 heteroatoms. The standard InChI is InChI=1S/C22H22FN3O3S2/c23-17-8-3-7-15-18(10-12-30-20(15)17)24-22(27)14-5-4-11-26(13-14)21-16-6-1-2-9-19(16)31(28,29)25-21/h1-3,6-9,14,18H,4-5,10-13H2,(H,24,27)/t14-,18+/m1/s1. The van der Waals surface area contributed by atoms with Crippen molar-refractivity contribution in [2.75, 3.05) is 18.8 Å². The second-order valence-corrected chi connectivity index (χ2v) is 10.7. The lowest BCUT2D eigenvalue weighted by molar-refractivity contribution is -0.127. The summed E-state index contributed by atoms with van der Waals surface area (Å²) in [6.07, 6.45) is 2.24. The lowest BCUT2D eigenvalue weighted by Gasteiger charge is -2.35. The summed E-state index contributed by atoms with van der Waals surface area (Å²) in [4.78, 5) is 15.8. The van der Waals surface area contributed by atoms with Gasteiger partial charge in [0.15, 0.2) is 5.84 Å². The van der Waals surface area contributed by atoms with Crippen LogP contribution in [0.5, 0.6) is 0 Å². The summed E-state index contributed by atoms with van der Waals surface area (Å²) in [5, 5.41) is 3.11. The van der Waals surface area contributed by atoms with Crippen LogP contribution >= 0.6 is 11.8 Å². The predicted molar refractivity (Wildman–Crippen MR) is 117 cm³/mol. The smallest absolute Gasteiger partial charge is 0.285 e. The molecule has 0 saturated carbocycles. The minimum Gasteiger partial charge on any atom is -0.355 e. The maximum Gasteiger partial charge on any atom is 0.285 e. The molecule has 1 saturated heterocycles. The minimum atomic E-state index is -3.69. The van der Waals surface area contributed by atoms with Gasteiger partial charge in [0.2, 0.25) is 5.91 Å². The van der Waals surface area contributed by atoms with E-state index in [9.17, 15) is 17.6 Å². The van der Waals surface area contributed by atoms with Crippen LogP contribution in [0.3, 0.4) is 0 Å². The monoisotopic (exact) mass is 459 g/mol. The highest BCUT2D eigenvalue weighted by molar-refractivity contribution is 7.99. The van der Waals surface area contributed by atoms with E-state index < -0.39 is 10.0 Å². The number of amides is 1. The summed E-state index contributed by atoms with van der Waals surface area (Å²) in [6.45, 7) is 1.06. The van der Waals surface area contributed by atoms with E-state index in [0.29, 0.717) is 29.4 Å². The highest BCUT2D eigenvalue weighted by atomic mass is 32.2. The molecule has 0 aromatic heterocycles. The zero-order valence-corrected chi connectivity index (χ0v) is 18.4. The molecule has 31 heavy (non-hydrogen) atoms. The largest absolute Gasteiger partial charge is 0.355 e. The van der Waals surface area contributed by atoms with Crippen molar-refractivity contribution in [2.24, 2.45) is 10.3 Å². The molecule has 2 aromatic carbocycles. The van der Waals surface area contributed by atoms with Gasteiger partial charge in [0.25, 0.3) is 10.0 Å². The van der Waals surface area contributed by atoms with Crippen LogP contribution in [0.2, 0.25) is 0 Å². The van der Waals surface area contributed by atoms with Gasteiger partial charge in [-0.15, -0.1) is 16.2 Å². The number of hydrogen-bond donors (Lipinski definition) is 1. The summed E-state index contributed by atoms with van der Waals surface area (Å²) >= 11 is 1.49. The number of rotatable bonds is 2. The van der Waals surface area contributed by atoms with Crippen LogP contribution in [0.15, 0.2) is 56.7 Å². The Balaban J connectivity index is 1.33. The van der Waals surface area contributed by atoms with Crippen LogP contribution in [0.4, 0.5) is 4.39 Å². The van der Waals surface area contributed by atoms with Gasteiger partial charge in [-0.25, -0.2) is 4.39 Å². The normalized spacial score (nSPS) is 24.2. The van der Waals surface area contributed by atoms with Crippen LogP contribution in [0.1, 0.15) is 36.4 Å². The van der Waals surface area contributed by atoms with Crippen molar-refractivity contribution >= 4 is 33.5 Å². The Hall–Kier alpha value is -2.39. The van der Waals surface area contributed by atoms with Gasteiger partial charge in [-0.1, -0.05) is 24.3 Å². The number of thioether (sulfide) groups is 1. The van der Waals surface area contributed by atoms with E-state index in [1.165, 1.54) is 17.8 Å². The van der Waals surface area contributed by atoms with Crippen LogP contribution in [-0.2, 0) is 14.8 Å². The lowest BCUT2D eigenvalue weighted by Crippen LogP contribution is -2.46. The van der Waals surface area contributed by atoms with Crippen molar-refractivity contribution in [3.63, 3.8) is 0 Å². The molecule has 3 aliphatic heterocycles. The number of nitrogens with zero attached hydrogens (tertiary/aromatic N) is 2. The first-order valence-corrected chi connectivity index (χ1v) is 12.8. The van der Waals surface area contributed by atoms with Crippen LogP contribution in [0.25, 0.3) is 0 Å². The maximum atomic E-state index is 14.1. The molecule has 3 aliphatic rings. The highest BCUT2D eigenvalue weighted by Crippen LogP contribution is 2.38. The number of amidine groups is 1. The number of nitrogens with one attached hydrogen (secondary N) is 1. The van der Waals surface area contributed by atoms with E-state index in [1.807, 2.05) is 11.0 Å². The molecule has 1 amide bonds. The Labute approximate surface area is 185 Å². The summed E-state index contributed by atoms with van der Waals surface area (Å²) in [7, 11) is -3.69. The molecular formula is C22H22FN3O3S2. The van der Waals surface area contributed by atoms with Crippen LogP contribution in [0, 0.1) is 11.7 Å². The average molecular weight is 460 g/mol. The molecule has 162 valence electrons. The fourth-order valence-corrected chi connectivity index (χ4v) is 6.89. The van der Waals surface area contributed by atoms with E-state index in [2.05, 4.69) is 9.71 Å². The van der Waals surface area contributed by atoms with Gasteiger partial charge in [0, 0.05) is 29.3 Å². The molecular weight excluding hydrogens is 437 g/mol. The van der Waals surface area contributed by atoms with Gasteiger partial charge in [0.1, 0.15) is 10.7 Å². The van der Waals surface area contributed by atoms with Gasteiger partial charge < -0.3 is 10.2 Å². The molecule has 0 aliphatic carbocycles. The van der Waals surface area contributed by atoms with Crippen LogP contribution < -0.4 is 5.32 Å². The highest BCUT2D eigenvalue weighted by Gasteiger charge is 2.36. The third kappa shape index (κ3) is 3.74. The summed E-state index contributed by atoms with van der Waals surface area (Å²) in [5.41, 5.74) is 1.43. The van der Waals surface area contributed by atoms with E-state index in [4.69, 9.17) is 0 Å². The topological polar surface area (TPSA) is 78.8 Å². The van der Waals surface area contributed by atoms with Crippen molar-refractivity contribution in [1.82, 2.24) is 10.2 Å². The fourth-order valence-electron chi connectivity index (χ4n) is 4.53. The van der Waals surface area contributed by atoms with E-state index in [1.54, 1.807) is 30.3 Å². The second-order valence-electron chi connectivity index (χ2n) is 8.03. The minimum absolute atomic E-state index is 0.0773. The number of sulfonamides is 1. The Morgan fingerprint density at radius 2 is 2.00 bits per heavy atom. The van der Waals surface area contributed by atoms with Gasteiger partial charge in [-0.3, -0.25) is 4.79 Å². The van der Waals surface area contributed by atoms with Gasteiger partial charge in [-0.2, -0.15) is 8.42 Å². The first-order valence-electron chi connectivity index (χ1n) is 10.3. The lowest BCUT2D eigenvalue weighted by atomic mass is 9.95. The van der Waals surface area contributed by atoms with Crippen LogP contribution in [-0.4, -0.2) is 43.9 Å². The molecule has 2 atom stereocenters. The maximum absolute atomic E-state index is 14.1. The molecule has 2 aromatic rings. The van der Waals surface area contributed by atoms with Gasteiger partial charge >= 0.3 is 0 Å². The molecule has 5 rings (SSSR count). The van der Waals surface area contributed by atoms with Crippen molar-refractivity contribution in [1.29, 1.82) is 0 Å². The molecule has 0 radical (unpaired) electrons. The summed E-state index contributed by atoms with van der Waals surface area (Å²) in [5.74, 6) is 0.574. The Morgan fingerprint density at radius 3 is 2.87 bits per heavy atom. The second kappa shape index (κ2) is 7.94. The van der Waals surface area contributed by atoms with E-state index >= 15 is 0 Å². The Bertz CT molecular complexity index is 1180. The SMILES string of the molecule is O=C(N[C@H]1CCSc2c(F)cccc21)[C@@H]1CCCN(C2=NS(=O)(=O)c3ccccc32)C1. The Morgan fingerprint density at radius 1 is 1.16 bits per heavy atom. The number of benzene rings is 2. The third-order valence-electron chi connectivity index (χ3n) is 6.05.